The molecular formula is C51H53N. The topological polar surface area (TPSA) is 3.24 Å². The van der Waals surface area contributed by atoms with E-state index in [0.717, 1.165) is 17.8 Å². The van der Waals surface area contributed by atoms with Crippen LogP contribution in [0.5, 0.6) is 0 Å². The SMILES string of the molecule is C#C.C/C=C(\C=C/Cc1ccc(C)cc1)N(c1ccccc1)c1cccc2ccccc12.C/C=C\c1c(C)cccc1C.C=Cc1ccc(C)cc1. The van der Waals surface area contributed by atoms with Gasteiger partial charge in [0, 0.05) is 16.8 Å². The quantitative estimate of drug-likeness (QED) is 0.114. The molecule has 1 heteroatoms. The number of nitrogens with zero attached hydrogens (tertiary/aromatic N) is 1. The second kappa shape index (κ2) is 21.9. The number of para-hydroxylation sites is 1. The lowest BCUT2D eigenvalue weighted by Gasteiger charge is -2.27. The summed E-state index contributed by atoms with van der Waals surface area (Å²) in [5.41, 5.74) is 12.6. The molecule has 0 aromatic heterocycles. The van der Waals surface area contributed by atoms with Crippen LogP contribution in [0.25, 0.3) is 22.9 Å². The Morgan fingerprint density at radius 1 is 0.635 bits per heavy atom. The lowest BCUT2D eigenvalue weighted by Crippen LogP contribution is -2.15. The summed E-state index contributed by atoms with van der Waals surface area (Å²) in [6.07, 6.45) is 21.7. The zero-order valence-electron chi connectivity index (χ0n) is 31.8. The lowest BCUT2D eigenvalue weighted by molar-refractivity contribution is 1.19. The van der Waals surface area contributed by atoms with E-state index in [1.165, 1.54) is 55.4 Å². The number of allylic oxidation sites excluding steroid dienone is 4. The van der Waals surface area contributed by atoms with Gasteiger partial charge in [0.05, 0.1) is 5.69 Å². The van der Waals surface area contributed by atoms with E-state index < -0.39 is 0 Å². The second-order valence-electron chi connectivity index (χ2n) is 12.4. The molecule has 0 bridgehead atoms. The van der Waals surface area contributed by atoms with Crippen molar-refractivity contribution >= 4 is 34.3 Å². The van der Waals surface area contributed by atoms with Crippen molar-refractivity contribution in [1.82, 2.24) is 0 Å². The molecule has 0 saturated heterocycles. The van der Waals surface area contributed by atoms with Gasteiger partial charge in [0.15, 0.2) is 0 Å². The van der Waals surface area contributed by atoms with Crippen LogP contribution in [0.4, 0.5) is 11.4 Å². The molecule has 0 N–H and O–H groups in total. The van der Waals surface area contributed by atoms with Crippen molar-refractivity contribution in [2.75, 3.05) is 4.90 Å². The average Bonchev–Trinajstić information content (AvgIpc) is 3.19. The molecule has 0 saturated carbocycles. The van der Waals surface area contributed by atoms with E-state index in [9.17, 15) is 0 Å². The smallest absolute Gasteiger partial charge is 0.0539 e. The van der Waals surface area contributed by atoms with Crippen molar-refractivity contribution in [2.45, 2.75) is 48.0 Å². The van der Waals surface area contributed by atoms with Crippen LogP contribution in [0.3, 0.4) is 0 Å². The molecule has 1 nitrogen and oxygen atoms in total. The van der Waals surface area contributed by atoms with Crippen LogP contribution in [-0.2, 0) is 6.42 Å². The molecule has 0 aliphatic heterocycles. The van der Waals surface area contributed by atoms with Crippen molar-refractivity contribution < 1.29 is 0 Å². The molecule has 0 aliphatic rings. The summed E-state index contributed by atoms with van der Waals surface area (Å²) >= 11 is 0. The predicted octanol–water partition coefficient (Wildman–Crippen LogP) is 14.2. The minimum absolute atomic E-state index is 0.912. The summed E-state index contributed by atoms with van der Waals surface area (Å²) in [6, 6.07) is 49.1. The van der Waals surface area contributed by atoms with Gasteiger partial charge >= 0.3 is 0 Å². The number of terminal acetylenes is 1. The summed E-state index contributed by atoms with van der Waals surface area (Å²) in [6.45, 7) is 16.3. The summed E-state index contributed by atoms with van der Waals surface area (Å²) in [7, 11) is 0. The van der Waals surface area contributed by atoms with Crippen LogP contribution in [0.15, 0.2) is 176 Å². The zero-order valence-corrected chi connectivity index (χ0v) is 31.8. The van der Waals surface area contributed by atoms with Crippen molar-refractivity contribution in [1.29, 1.82) is 0 Å². The average molecular weight is 680 g/mol. The van der Waals surface area contributed by atoms with E-state index in [2.05, 4.69) is 229 Å². The molecule has 0 atom stereocenters. The van der Waals surface area contributed by atoms with Gasteiger partial charge in [-0.2, -0.15) is 0 Å². The summed E-state index contributed by atoms with van der Waals surface area (Å²) in [4.78, 5) is 2.34. The van der Waals surface area contributed by atoms with E-state index >= 15 is 0 Å². The van der Waals surface area contributed by atoms with Gasteiger partial charge in [-0.25, -0.2) is 0 Å². The molecule has 262 valence electrons. The molecule has 6 aromatic carbocycles. The van der Waals surface area contributed by atoms with Gasteiger partial charge in [-0.1, -0.05) is 169 Å². The highest BCUT2D eigenvalue weighted by atomic mass is 15.1. The summed E-state index contributed by atoms with van der Waals surface area (Å²) in [5, 5.41) is 2.49. The lowest BCUT2D eigenvalue weighted by atomic mass is 10.0. The molecule has 0 unspecified atom stereocenters. The summed E-state index contributed by atoms with van der Waals surface area (Å²) < 4.78 is 0. The fourth-order valence-electron chi connectivity index (χ4n) is 5.71. The fraction of sp³-hybridized carbons (Fsp3) is 0.137. The molecule has 0 spiro atoms. The number of rotatable bonds is 8. The van der Waals surface area contributed by atoms with E-state index in [-0.39, 0.29) is 0 Å². The normalized spacial score (nSPS) is 10.7. The minimum Gasteiger partial charge on any atom is -0.310 e. The maximum atomic E-state index is 4.00. The third-order valence-corrected chi connectivity index (χ3v) is 8.53. The largest absolute Gasteiger partial charge is 0.310 e. The predicted molar refractivity (Wildman–Crippen MR) is 232 cm³/mol. The van der Waals surface area contributed by atoms with Gasteiger partial charge in [-0.05, 0) is 105 Å². The van der Waals surface area contributed by atoms with Gasteiger partial charge in [0.25, 0.3) is 0 Å². The third kappa shape index (κ3) is 12.0. The number of anilines is 2. The van der Waals surface area contributed by atoms with Crippen molar-refractivity contribution in [3.63, 3.8) is 0 Å². The van der Waals surface area contributed by atoms with Crippen molar-refractivity contribution in [3.8, 4) is 12.8 Å². The molecule has 0 amide bonds. The highest BCUT2D eigenvalue weighted by Crippen LogP contribution is 2.35. The zero-order chi connectivity index (χ0) is 37.7. The number of hydrogen-bond acceptors (Lipinski definition) is 1. The fourth-order valence-corrected chi connectivity index (χ4v) is 5.71. The molecule has 6 rings (SSSR count). The summed E-state index contributed by atoms with van der Waals surface area (Å²) in [5.74, 6) is 0. The number of aryl methyl sites for hydroxylation is 4. The number of benzene rings is 6. The molecule has 52 heavy (non-hydrogen) atoms. The van der Waals surface area contributed by atoms with Crippen LogP contribution >= 0.6 is 0 Å². The van der Waals surface area contributed by atoms with Crippen LogP contribution in [0, 0.1) is 40.5 Å². The Kier molecular flexibility index (Phi) is 17.0. The first kappa shape index (κ1) is 40.3. The molecule has 0 aliphatic carbocycles. The first-order valence-corrected chi connectivity index (χ1v) is 17.8. The Bertz CT molecular complexity index is 2050. The molecule has 6 aromatic rings. The Hall–Kier alpha value is -6.10. The highest BCUT2D eigenvalue weighted by molar-refractivity contribution is 5.97. The standard InChI is InChI=1S/C29H27N.C11H14.C9H10.C2H2/c1-3-26(16-9-11-24-21-19-23(2)20-22-24)30(27-14-5-4-6-15-27)29-18-10-13-25-12-7-8-17-28(25)29;1-4-6-11-9(2)7-5-8-10(11)3;1-3-9-6-4-8(2)5-7-9;1-2/h3-10,12-22H,11H2,1-2H3;4-8H,1-3H3;3-7H,1H2,2H3;1-2H/b16-9-,26-3+;6-4-;;. The van der Waals surface area contributed by atoms with Gasteiger partial charge in [0.2, 0.25) is 0 Å². The molecule has 0 radical (unpaired) electrons. The molecule has 0 fully saturated rings. The minimum atomic E-state index is 0.912. The van der Waals surface area contributed by atoms with E-state index in [0.29, 0.717) is 0 Å². The monoisotopic (exact) mass is 679 g/mol. The molecule has 0 heterocycles. The Labute approximate surface area is 314 Å². The molecular weight excluding hydrogens is 627 g/mol. The van der Waals surface area contributed by atoms with Crippen molar-refractivity contribution in [3.05, 3.63) is 215 Å². The Morgan fingerprint density at radius 2 is 1.19 bits per heavy atom. The third-order valence-electron chi connectivity index (χ3n) is 8.53. The number of hydrogen-bond donors (Lipinski definition) is 0. The maximum absolute atomic E-state index is 4.00. The van der Waals surface area contributed by atoms with E-state index in [1.807, 2.05) is 13.0 Å². The van der Waals surface area contributed by atoms with Gasteiger partial charge in [0.1, 0.15) is 0 Å². The maximum Gasteiger partial charge on any atom is 0.0539 e. The van der Waals surface area contributed by atoms with Crippen LogP contribution < -0.4 is 4.90 Å². The van der Waals surface area contributed by atoms with Gasteiger partial charge in [-0.15, -0.1) is 12.8 Å². The Morgan fingerprint density at radius 3 is 1.79 bits per heavy atom. The number of fused-ring (bicyclic) bond motifs is 1. The Balaban J connectivity index is 0.000000270. The first-order chi connectivity index (χ1) is 25.3. The van der Waals surface area contributed by atoms with E-state index in [4.69, 9.17) is 0 Å². The van der Waals surface area contributed by atoms with Crippen LogP contribution in [0.2, 0.25) is 0 Å². The van der Waals surface area contributed by atoms with Gasteiger partial charge < -0.3 is 4.90 Å². The van der Waals surface area contributed by atoms with Crippen LogP contribution in [-0.4, -0.2) is 0 Å². The van der Waals surface area contributed by atoms with Crippen molar-refractivity contribution in [2.24, 2.45) is 0 Å². The highest BCUT2D eigenvalue weighted by Gasteiger charge is 2.15. The first-order valence-electron chi connectivity index (χ1n) is 17.8. The van der Waals surface area contributed by atoms with Crippen LogP contribution in [0.1, 0.15) is 52.8 Å². The van der Waals surface area contributed by atoms with E-state index in [1.54, 1.807) is 0 Å². The van der Waals surface area contributed by atoms with Gasteiger partial charge in [-0.3, -0.25) is 0 Å². The second-order valence-corrected chi connectivity index (χ2v) is 12.4.